The predicted molar refractivity (Wildman–Crippen MR) is 123 cm³/mol. The maximum Gasteiger partial charge on any atom is 0.352 e. The second-order valence-corrected chi connectivity index (χ2v) is 7.90. The molecule has 0 aliphatic heterocycles. The zero-order valence-corrected chi connectivity index (χ0v) is 20.2. The summed E-state index contributed by atoms with van der Waals surface area (Å²) in [5, 5.41) is 4.43. The number of ether oxygens (including phenoxy) is 4. The van der Waals surface area contributed by atoms with Crippen molar-refractivity contribution < 1.29 is 55.0 Å². The monoisotopic (exact) mass is 551 g/mol. The van der Waals surface area contributed by atoms with E-state index in [2.05, 4.69) is 9.89 Å². The number of halogens is 5. The SMILES string of the molecule is CCOC(=O)c1ccc(OCc2noc3cc(OC(=O)C(C)Oc4c(F)c(F)c(F)c(F)c4F)ccc23)cc1. The van der Waals surface area contributed by atoms with Crippen LogP contribution in [-0.4, -0.2) is 29.8 Å². The van der Waals surface area contributed by atoms with Crippen LogP contribution in [0.1, 0.15) is 29.9 Å². The van der Waals surface area contributed by atoms with Gasteiger partial charge in [0.25, 0.3) is 0 Å². The van der Waals surface area contributed by atoms with Crippen LogP contribution in [0.2, 0.25) is 0 Å². The van der Waals surface area contributed by atoms with E-state index in [1.807, 2.05) is 0 Å². The van der Waals surface area contributed by atoms with Gasteiger partial charge in [-0.05, 0) is 50.2 Å². The molecule has 0 saturated heterocycles. The van der Waals surface area contributed by atoms with Gasteiger partial charge in [0.1, 0.15) is 23.8 Å². The molecule has 0 amide bonds. The molecule has 0 aliphatic rings. The molecule has 4 aromatic rings. The highest BCUT2D eigenvalue weighted by molar-refractivity contribution is 5.89. The van der Waals surface area contributed by atoms with Crippen molar-refractivity contribution in [3.05, 3.63) is 82.8 Å². The third kappa shape index (κ3) is 5.76. The van der Waals surface area contributed by atoms with Gasteiger partial charge in [-0.25, -0.2) is 22.8 Å². The van der Waals surface area contributed by atoms with Gasteiger partial charge in [-0.3, -0.25) is 0 Å². The van der Waals surface area contributed by atoms with E-state index in [0.717, 1.165) is 6.92 Å². The van der Waals surface area contributed by atoms with Crippen LogP contribution in [0.15, 0.2) is 47.0 Å². The summed E-state index contributed by atoms with van der Waals surface area (Å²) in [6, 6.07) is 10.4. The van der Waals surface area contributed by atoms with Crippen molar-refractivity contribution in [2.45, 2.75) is 26.6 Å². The average Bonchev–Trinajstić information content (AvgIpc) is 3.34. The van der Waals surface area contributed by atoms with E-state index in [1.165, 1.54) is 18.2 Å². The van der Waals surface area contributed by atoms with Gasteiger partial charge in [-0.15, -0.1) is 0 Å². The Labute approximate surface area is 216 Å². The van der Waals surface area contributed by atoms with Crippen LogP contribution in [0.4, 0.5) is 22.0 Å². The Morgan fingerprint density at radius 2 is 1.51 bits per heavy atom. The number of rotatable bonds is 9. The minimum absolute atomic E-state index is 0.00230. The molecule has 8 nitrogen and oxygen atoms in total. The zero-order chi connectivity index (χ0) is 28.3. The van der Waals surface area contributed by atoms with Crippen molar-refractivity contribution >= 4 is 22.9 Å². The first-order chi connectivity index (χ1) is 18.6. The summed E-state index contributed by atoms with van der Waals surface area (Å²) in [6.07, 6.45) is -1.75. The standard InChI is InChI=1S/C26H18F5NO7/c1-3-35-26(34)13-4-6-14(7-5-13)36-11-17-16-9-8-15(10-18(16)39-32-17)38-25(33)12(2)37-24-22(30)20(28)19(27)21(29)23(24)31/h4-10,12H,3,11H2,1-2H3. The summed E-state index contributed by atoms with van der Waals surface area (Å²) < 4.78 is 93.2. The van der Waals surface area contributed by atoms with Crippen LogP contribution in [-0.2, 0) is 16.1 Å². The summed E-state index contributed by atoms with van der Waals surface area (Å²) in [5.41, 5.74) is 0.968. The van der Waals surface area contributed by atoms with Crippen molar-refractivity contribution in [1.29, 1.82) is 0 Å². The minimum Gasteiger partial charge on any atom is -0.487 e. The number of esters is 2. The number of carbonyl (C=O) groups excluding carboxylic acids is 2. The highest BCUT2D eigenvalue weighted by atomic mass is 19.2. The number of hydrogen-bond donors (Lipinski definition) is 0. The van der Waals surface area contributed by atoms with E-state index in [1.54, 1.807) is 31.2 Å². The largest absolute Gasteiger partial charge is 0.487 e. The fourth-order valence-electron chi connectivity index (χ4n) is 3.30. The Bertz CT molecular complexity index is 1510. The van der Waals surface area contributed by atoms with Crippen LogP contribution < -0.4 is 14.2 Å². The third-order valence-electron chi connectivity index (χ3n) is 5.27. The van der Waals surface area contributed by atoms with Gasteiger partial charge in [0.05, 0.1) is 12.2 Å². The van der Waals surface area contributed by atoms with Crippen molar-refractivity contribution in [1.82, 2.24) is 5.16 Å². The maximum absolute atomic E-state index is 13.8. The topological polar surface area (TPSA) is 97.1 Å². The Balaban J connectivity index is 1.40. The minimum atomic E-state index is -2.36. The molecule has 1 unspecified atom stereocenters. The Hall–Kier alpha value is -4.68. The summed E-state index contributed by atoms with van der Waals surface area (Å²) in [4.78, 5) is 24.1. The molecule has 0 radical (unpaired) electrons. The van der Waals surface area contributed by atoms with E-state index >= 15 is 0 Å². The Morgan fingerprint density at radius 1 is 0.897 bits per heavy atom. The lowest BCUT2D eigenvalue weighted by Crippen LogP contribution is -2.29. The van der Waals surface area contributed by atoms with Crippen LogP contribution in [0, 0.1) is 29.1 Å². The Morgan fingerprint density at radius 3 is 2.15 bits per heavy atom. The smallest absolute Gasteiger partial charge is 0.352 e. The predicted octanol–water partition coefficient (Wildman–Crippen LogP) is 5.65. The quantitative estimate of drug-likeness (QED) is 0.0866. The summed E-state index contributed by atoms with van der Waals surface area (Å²) >= 11 is 0. The molecule has 39 heavy (non-hydrogen) atoms. The molecule has 1 atom stereocenters. The third-order valence-corrected chi connectivity index (χ3v) is 5.27. The fourth-order valence-corrected chi connectivity index (χ4v) is 3.30. The van der Waals surface area contributed by atoms with Crippen LogP contribution in [0.5, 0.6) is 17.2 Å². The molecule has 204 valence electrons. The summed E-state index contributed by atoms with van der Waals surface area (Å²) in [7, 11) is 0. The van der Waals surface area contributed by atoms with Gasteiger partial charge in [0, 0.05) is 11.5 Å². The van der Waals surface area contributed by atoms with Gasteiger partial charge in [-0.2, -0.15) is 8.78 Å². The molecular weight excluding hydrogens is 533 g/mol. The second-order valence-electron chi connectivity index (χ2n) is 7.90. The van der Waals surface area contributed by atoms with Crippen LogP contribution in [0.25, 0.3) is 11.0 Å². The molecule has 0 fully saturated rings. The van der Waals surface area contributed by atoms with Crippen molar-refractivity contribution in [3.8, 4) is 17.2 Å². The fraction of sp³-hybridized carbons (Fsp3) is 0.192. The Kier molecular flexibility index (Phi) is 7.98. The van der Waals surface area contributed by atoms with Gasteiger partial charge >= 0.3 is 11.9 Å². The molecule has 0 bridgehead atoms. The molecule has 1 aromatic heterocycles. The molecule has 3 aromatic carbocycles. The van der Waals surface area contributed by atoms with Crippen LogP contribution >= 0.6 is 0 Å². The molecule has 1 heterocycles. The second kappa shape index (κ2) is 11.4. The first kappa shape index (κ1) is 27.4. The van der Waals surface area contributed by atoms with Crippen molar-refractivity contribution in [2.24, 2.45) is 0 Å². The lowest BCUT2D eigenvalue weighted by Gasteiger charge is -2.15. The molecule has 13 heteroatoms. The van der Waals surface area contributed by atoms with E-state index in [-0.39, 0.29) is 24.5 Å². The number of nitrogens with zero attached hydrogens (tertiary/aromatic N) is 1. The molecule has 0 N–H and O–H groups in total. The molecule has 0 saturated carbocycles. The number of aromatic nitrogens is 1. The van der Waals surface area contributed by atoms with Gasteiger partial charge in [0.2, 0.25) is 29.1 Å². The van der Waals surface area contributed by atoms with E-state index in [9.17, 15) is 31.5 Å². The number of carbonyl (C=O) groups is 2. The normalized spacial score (nSPS) is 11.8. The number of benzene rings is 3. The van der Waals surface area contributed by atoms with Gasteiger partial charge < -0.3 is 23.5 Å². The van der Waals surface area contributed by atoms with Gasteiger partial charge in [-0.1, -0.05) is 5.16 Å². The molecule has 0 aliphatic carbocycles. The molecule has 4 rings (SSSR count). The van der Waals surface area contributed by atoms with Crippen molar-refractivity contribution in [2.75, 3.05) is 6.61 Å². The van der Waals surface area contributed by atoms with Crippen molar-refractivity contribution in [3.63, 3.8) is 0 Å². The van der Waals surface area contributed by atoms with E-state index < -0.39 is 52.9 Å². The zero-order valence-electron chi connectivity index (χ0n) is 20.2. The van der Waals surface area contributed by atoms with E-state index in [0.29, 0.717) is 22.4 Å². The first-order valence-electron chi connectivity index (χ1n) is 11.3. The lowest BCUT2D eigenvalue weighted by molar-refractivity contribution is -0.141. The van der Waals surface area contributed by atoms with Gasteiger partial charge in [0.15, 0.2) is 17.4 Å². The van der Waals surface area contributed by atoms with E-state index in [4.69, 9.17) is 18.7 Å². The maximum atomic E-state index is 13.8. The first-order valence-corrected chi connectivity index (χ1v) is 11.3. The highest BCUT2D eigenvalue weighted by Crippen LogP contribution is 2.30. The summed E-state index contributed by atoms with van der Waals surface area (Å²) in [5.74, 6) is -14.1. The highest BCUT2D eigenvalue weighted by Gasteiger charge is 2.30. The molecule has 0 spiro atoms. The number of hydrogen-bond acceptors (Lipinski definition) is 8. The number of fused-ring (bicyclic) bond motifs is 1. The lowest BCUT2D eigenvalue weighted by atomic mass is 10.2. The average molecular weight is 551 g/mol. The molecular formula is C26H18F5NO7. The summed E-state index contributed by atoms with van der Waals surface area (Å²) in [6.45, 7) is 2.95. The van der Waals surface area contributed by atoms with Crippen LogP contribution in [0.3, 0.4) is 0 Å².